The molecule has 0 radical (unpaired) electrons. The molecule has 0 amide bonds. The quantitative estimate of drug-likeness (QED) is 0.393. The van der Waals surface area contributed by atoms with Gasteiger partial charge in [0.2, 0.25) is 11.0 Å². The van der Waals surface area contributed by atoms with Gasteiger partial charge in [-0.05, 0) is 32.1 Å². The summed E-state index contributed by atoms with van der Waals surface area (Å²) in [4.78, 5) is 11.9. The monoisotopic (exact) mass is 364 g/mol. The number of hydrogen-bond donors (Lipinski definition) is 0. The first-order valence-corrected chi connectivity index (χ1v) is 8.84. The fourth-order valence-corrected chi connectivity index (χ4v) is 3.68. The molecule has 0 bridgehead atoms. The lowest BCUT2D eigenvalue weighted by molar-refractivity contribution is -0.617. The van der Waals surface area contributed by atoms with Crippen molar-refractivity contribution < 1.29 is 23.6 Å². The van der Waals surface area contributed by atoms with Crippen LogP contribution < -0.4 is 18.8 Å². The summed E-state index contributed by atoms with van der Waals surface area (Å²) in [6, 6.07) is 9.71. The minimum Gasteiger partial charge on any atom is -0.496 e. The van der Waals surface area contributed by atoms with Gasteiger partial charge in [-0.2, -0.15) is 4.57 Å². The summed E-state index contributed by atoms with van der Waals surface area (Å²) in [5, 5.41) is 1.60. The number of nitrogens with zero attached hydrogens (tertiary/aromatic N) is 1. The van der Waals surface area contributed by atoms with Crippen molar-refractivity contribution in [3.63, 3.8) is 0 Å². The molecule has 0 fully saturated rings. The predicted molar refractivity (Wildman–Crippen MR) is 104 cm³/mol. The third kappa shape index (κ3) is 2.70. The first-order chi connectivity index (χ1) is 12.8. The first-order valence-electron chi connectivity index (χ1n) is 8.84. The number of rotatable bonds is 2. The molecule has 0 spiro atoms. The molecule has 2 aromatic carbocycles. The molecule has 138 valence electrons. The molecule has 5 heteroatoms. The molecule has 0 N–H and O–H groups in total. The summed E-state index contributed by atoms with van der Waals surface area (Å²) in [5.74, 6) is 1.48. The minimum atomic E-state index is -0.403. The van der Waals surface area contributed by atoms with E-state index in [4.69, 9.17) is 14.2 Å². The lowest BCUT2D eigenvalue weighted by Crippen LogP contribution is -2.33. The van der Waals surface area contributed by atoms with Crippen LogP contribution in [0.5, 0.6) is 17.2 Å². The van der Waals surface area contributed by atoms with Crippen molar-refractivity contribution in [3.8, 4) is 17.2 Å². The van der Waals surface area contributed by atoms with Gasteiger partial charge in [0.15, 0.2) is 5.75 Å². The number of esters is 1. The molecular formula is C22H22NO4+. The first kappa shape index (κ1) is 17.3. The van der Waals surface area contributed by atoms with E-state index in [1.807, 2.05) is 57.3 Å². The van der Waals surface area contributed by atoms with E-state index >= 15 is 0 Å². The maximum atomic E-state index is 11.9. The second-order valence-electron chi connectivity index (χ2n) is 7.25. The molecule has 4 rings (SSSR count). The van der Waals surface area contributed by atoms with E-state index < -0.39 is 5.60 Å². The Labute approximate surface area is 157 Å². The standard InChI is InChI=1S/C22H22NO4/c1-13(24)26-21-14-8-6-7-9-16(14)23(4)20-15-10-11-22(2,3)27-17(15)12-18(25-5)19(20)21/h6-12H,1-5H3/q+1. The molecule has 27 heavy (non-hydrogen) atoms. The zero-order valence-corrected chi connectivity index (χ0v) is 16.1. The van der Waals surface area contributed by atoms with Crippen molar-refractivity contribution in [2.24, 2.45) is 7.05 Å². The third-order valence-corrected chi connectivity index (χ3v) is 4.83. The maximum absolute atomic E-state index is 11.9. The van der Waals surface area contributed by atoms with E-state index in [-0.39, 0.29) is 5.97 Å². The molecule has 5 nitrogen and oxygen atoms in total. The Morgan fingerprint density at radius 1 is 1.22 bits per heavy atom. The number of methoxy groups -OCH3 is 1. The zero-order valence-electron chi connectivity index (χ0n) is 16.1. The van der Waals surface area contributed by atoms with Crippen LogP contribution in [0, 0.1) is 0 Å². The van der Waals surface area contributed by atoms with Crippen LogP contribution in [0.2, 0.25) is 0 Å². The Balaban J connectivity index is 2.23. The Hall–Kier alpha value is -3.08. The Morgan fingerprint density at radius 2 is 1.96 bits per heavy atom. The number of benzene rings is 2. The van der Waals surface area contributed by atoms with Crippen molar-refractivity contribution in [2.45, 2.75) is 26.4 Å². The highest BCUT2D eigenvalue weighted by Crippen LogP contribution is 2.45. The van der Waals surface area contributed by atoms with Crippen molar-refractivity contribution in [1.82, 2.24) is 0 Å². The van der Waals surface area contributed by atoms with Crippen LogP contribution in [-0.2, 0) is 11.8 Å². The van der Waals surface area contributed by atoms with Crippen molar-refractivity contribution in [3.05, 3.63) is 42.0 Å². The largest absolute Gasteiger partial charge is 0.496 e. The molecule has 0 aliphatic carbocycles. The highest BCUT2D eigenvalue weighted by molar-refractivity contribution is 6.06. The average molecular weight is 364 g/mol. The third-order valence-electron chi connectivity index (χ3n) is 4.83. The van der Waals surface area contributed by atoms with Crippen LogP contribution in [0.15, 0.2) is 36.4 Å². The van der Waals surface area contributed by atoms with E-state index in [0.29, 0.717) is 11.5 Å². The highest BCUT2D eigenvalue weighted by atomic mass is 16.5. The number of fused-ring (bicyclic) bond motifs is 4. The van der Waals surface area contributed by atoms with Gasteiger partial charge >= 0.3 is 5.97 Å². The molecule has 0 unspecified atom stereocenters. The van der Waals surface area contributed by atoms with Gasteiger partial charge in [-0.25, -0.2) is 0 Å². The average Bonchev–Trinajstić information content (AvgIpc) is 2.62. The maximum Gasteiger partial charge on any atom is 0.308 e. The number of carbonyl (C=O) groups excluding carboxylic acids is 1. The molecule has 1 aliphatic rings. The second-order valence-corrected chi connectivity index (χ2v) is 7.25. The number of hydrogen-bond acceptors (Lipinski definition) is 4. The molecular weight excluding hydrogens is 342 g/mol. The van der Waals surface area contributed by atoms with Gasteiger partial charge in [0.1, 0.15) is 29.5 Å². The normalized spacial score (nSPS) is 14.7. The molecule has 0 atom stereocenters. The van der Waals surface area contributed by atoms with Crippen LogP contribution in [0.25, 0.3) is 27.9 Å². The molecule has 3 aromatic rings. The van der Waals surface area contributed by atoms with Crippen LogP contribution in [0.4, 0.5) is 0 Å². The lowest BCUT2D eigenvalue weighted by atomic mass is 9.97. The molecule has 2 heterocycles. The topological polar surface area (TPSA) is 48.6 Å². The van der Waals surface area contributed by atoms with Gasteiger partial charge in [0, 0.05) is 19.1 Å². The molecule has 0 saturated heterocycles. The number of ether oxygens (including phenoxy) is 3. The molecule has 0 saturated carbocycles. The second kappa shape index (κ2) is 5.98. The van der Waals surface area contributed by atoms with Gasteiger partial charge in [-0.15, -0.1) is 0 Å². The fourth-order valence-electron chi connectivity index (χ4n) is 3.68. The van der Waals surface area contributed by atoms with E-state index in [1.165, 1.54) is 6.92 Å². The summed E-state index contributed by atoms with van der Waals surface area (Å²) in [6.45, 7) is 5.42. The summed E-state index contributed by atoms with van der Waals surface area (Å²) in [7, 11) is 3.60. The van der Waals surface area contributed by atoms with Gasteiger partial charge in [-0.3, -0.25) is 4.79 Å². The van der Waals surface area contributed by atoms with E-state index in [1.54, 1.807) is 7.11 Å². The van der Waals surface area contributed by atoms with Gasteiger partial charge in [0.05, 0.1) is 18.1 Å². The minimum absolute atomic E-state index is 0.372. The molecule has 1 aromatic heterocycles. The summed E-state index contributed by atoms with van der Waals surface area (Å²) in [6.07, 6.45) is 4.09. The van der Waals surface area contributed by atoms with Crippen molar-refractivity contribution in [2.75, 3.05) is 7.11 Å². The van der Waals surface area contributed by atoms with Crippen LogP contribution in [-0.4, -0.2) is 18.7 Å². The highest BCUT2D eigenvalue weighted by Gasteiger charge is 2.31. The van der Waals surface area contributed by atoms with E-state index in [0.717, 1.165) is 33.1 Å². The van der Waals surface area contributed by atoms with E-state index in [2.05, 4.69) is 10.6 Å². The van der Waals surface area contributed by atoms with Gasteiger partial charge in [-0.1, -0.05) is 12.1 Å². The summed E-state index contributed by atoms with van der Waals surface area (Å²) < 4.78 is 19.6. The van der Waals surface area contributed by atoms with Gasteiger partial charge in [0.25, 0.3) is 0 Å². The number of pyridine rings is 1. The SMILES string of the molecule is COc1cc2c(c3c1c(OC(C)=O)c1ccccc1[n+]3C)C=CC(C)(C)O2. The predicted octanol–water partition coefficient (Wildman–Crippen LogP) is 3.94. The molecule has 1 aliphatic heterocycles. The Bertz CT molecular complexity index is 1130. The van der Waals surface area contributed by atoms with E-state index in [9.17, 15) is 4.79 Å². The van der Waals surface area contributed by atoms with Crippen LogP contribution in [0.1, 0.15) is 26.3 Å². The van der Waals surface area contributed by atoms with Crippen LogP contribution in [0.3, 0.4) is 0 Å². The summed E-state index contributed by atoms with van der Waals surface area (Å²) >= 11 is 0. The number of aromatic nitrogens is 1. The van der Waals surface area contributed by atoms with Crippen LogP contribution >= 0.6 is 0 Å². The van der Waals surface area contributed by atoms with Crippen molar-refractivity contribution in [1.29, 1.82) is 0 Å². The van der Waals surface area contributed by atoms with Crippen molar-refractivity contribution >= 4 is 33.9 Å². The lowest BCUT2D eigenvalue weighted by Gasteiger charge is -2.28. The smallest absolute Gasteiger partial charge is 0.308 e. The van der Waals surface area contributed by atoms with Gasteiger partial charge < -0.3 is 14.2 Å². The fraction of sp³-hybridized carbons (Fsp3) is 0.273. The number of aryl methyl sites for hydroxylation is 1. The number of para-hydroxylation sites is 1. The summed E-state index contributed by atoms with van der Waals surface area (Å²) in [5.41, 5.74) is 2.38. The Morgan fingerprint density at radius 3 is 2.67 bits per heavy atom. The zero-order chi connectivity index (χ0) is 19.3. The Kier molecular flexibility index (Phi) is 3.84. The number of carbonyl (C=O) groups is 1.